The zero-order chi connectivity index (χ0) is 18.8. The van der Waals surface area contributed by atoms with E-state index in [-0.39, 0.29) is 42.5 Å². The summed E-state index contributed by atoms with van der Waals surface area (Å²) >= 11 is 0. The summed E-state index contributed by atoms with van der Waals surface area (Å²) < 4.78 is 5.23. The van der Waals surface area contributed by atoms with Crippen molar-refractivity contribution in [3.05, 3.63) is 36.9 Å². The quantitative estimate of drug-likeness (QED) is 0.821. The smallest absolute Gasteiger partial charge is 0.233 e. The number of amides is 3. The molecule has 0 bridgehead atoms. The summed E-state index contributed by atoms with van der Waals surface area (Å²) in [7, 11) is 0. The van der Waals surface area contributed by atoms with Crippen molar-refractivity contribution < 1.29 is 18.8 Å². The summed E-state index contributed by atoms with van der Waals surface area (Å²) in [4.78, 5) is 42.2. The van der Waals surface area contributed by atoms with Crippen LogP contribution >= 0.6 is 0 Å². The Morgan fingerprint density at radius 1 is 1.11 bits per heavy atom. The SMILES string of the molecule is O=C(CCN1C(=O)C2CCCCC2C1=O)Nc1ccc(-c2cnco2)cc1. The van der Waals surface area contributed by atoms with Crippen molar-refractivity contribution in [2.75, 3.05) is 11.9 Å². The van der Waals surface area contributed by atoms with Gasteiger partial charge in [0.2, 0.25) is 17.7 Å². The number of nitrogens with one attached hydrogen (secondary N) is 1. The maximum absolute atomic E-state index is 12.4. The molecule has 7 heteroatoms. The lowest BCUT2D eigenvalue weighted by atomic mass is 9.81. The Morgan fingerprint density at radius 3 is 2.37 bits per heavy atom. The minimum absolute atomic E-state index is 0.0980. The van der Waals surface area contributed by atoms with Gasteiger partial charge in [0.05, 0.1) is 18.0 Å². The number of likely N-dealkylation sites (tertiary alicyclic amines) is 1. The topological polar surface area (TPSA) is 92.5 Å². The summed E-state index contributed by atoms with van der Waals surface area (Å²) in [6.07, 6.45) is 6.65. The first-order chi connectivity index (χ1) is 13.1. The van der Waals surface area contributed by atoms with Crippen LogP contribution < -0.4 is 5.32 Å². The fraction of sp³-hybridized carbons (Fsp3) is 0.400. The number of imide groups is 1. The fourth-order valence-corrected chi connectivity index (χ4v) is 3.96. The van der Waals surface area contributed by atoms with E-state index in [9.17, 15) is 14.4 Å². The molecule has 1 saturated heterocycles. The number of hydrogen-bond acceptors (Lipinski definition) is 5. The molecule has 4 rings (SSSR count). The van der Waals surface area contributed by atoms with Crippen molar-refractivity contribution in [2.45, 2.75) is 32.1 Å². The highest BCUT2D eigenvalue weighted by Gasteiger charge is 2.47. The molecule has 3 amide bonds. The standard InChI is InChI=1S/C20H21N3O4/c24-18(22-14-7-5-13(6-8-14)17-11-21-12-27-17)9-10-23-19(25)15-3-1-2-4-16(15)20(23)26/h5-8,11-12,15-16H,1-4,9-10H2,(H,22,24). The van der Waals surface area contributed by atoms with Crippen molar-refractivity contribution in [1.82, 2.24) is 9.88 Å². The van der Waals surface area contributed by atoms with Crippen molar-refractivity contribution >= 4 is 23.4 Å². The number of fused-ring (bicyclic) bond motifs is 1. The average Bonchev–Trinajstić information content (AvgIpc) is 3.30. The molecule has 2 heterocycles. The van der Waals surface area contributed by atoms with Gasteiger partial charge in [0.15, 0.2) is 12.2 Å². The fourth-order valence-electron chi connectivity index (χ4n) is 3.96. The first-order valence-electron chi connectivity index (χ1n) is 9.27. The molecule has 27 heavy (non-hydrogen) atoms. The molecule has 1 aromatic carbocycles. The number of aromatic nitrogens is 1. The zero-order valence-electron chi connectivity index (χ0n) is 14.9. The lowest BCUT2D eigenvalue weighted by molar-refractivity contribution is -0.140. The normalized spacial score (nSPS) is 22.0. The first-order valence-corrected chi connectivity index (χ1v) is 9.27. The van der Waals surface area contributed by atoms with E-state index in [1.54, 1.807) is 18.3 Å². The molecule has 2 aromatic rings. The number of nitrogens with zero attached hydrogens (tertiary/aromatic N) is 2. The van der Waals surface area contributed by atoms with E-state index in [0.29, 0.717) is 11.4 Å². The van der Waals surface area contributed by atoms with E-state index in [0.717, 1.165) is 31.2 Å². The summed E-state index contributed by atoms with van der Waals surface area (Å²) in [6.45, 7) is 0.145. The second-order valence-electron chi connectivity index (χ2n) is 7.07. The van der Waals surface area contributed by atoms with Gasteiger partial charge >= 0.3 is 0 Å². The molecule has 1 N–H and O–H groups in total. The number of carbonyl (C=O) groups excluding carboxylic acids is 3. The van der Waals surface area contributed by atoms with E-state index < -0.39 is 0 Å². The maximum Gasteiger partial charge on any atom is 0.233 e. The van der Waals surface area contributed by atoms with Crippen LogP contribution in [-0.2, 0) is 14.4 Å². The van der Waals surface area contributed by atoms with E-state index in [2.05, 4.69) is 10.3 Å². The van der Waals surface area contributed by atoms with Crippen LogP contribution in [0.3, 0.4) is 0 Å². The molecule has 1 aliphatic heterocycles. The van der Waals surface area contributed by atoms with Gasteiger partial charge in [-0.1, -0.05) is 12.8 Å². The molecule has 0 radical (unpaired) electrons. The molecule has 2 atom stereocenters. The van der Waals surface area contributed by atoms with Crippen LogP contribution in [0.4, 0.5) is 5.69 Å². The van der Waals surface area contributed by atoms with Crippen LogP contribution in [0.15, 0.2) is 41.3 Å². The van der Waals surface area contributed by atoms with Crippen molar-refractivity contribution in [3.63, 3.8) is 0 Å². The summed E-state index contributed by atoms with van der Waals surface area (Å²) in [5, 5.41) is 2.80. The molecule has 0 spiro atoms. The molecule has 1 aromatic heterocycles. The second-order valence-corrected chi connectivity index (χ2v) is 7.07. The van der Waals surface area contributed by atoms with Crippen LogP contribution in [0.2, 0.25) is 0 Å². The number of carbonyl (C=O) groups is 3. The summed E-state index contributed by atoms with van der Waals surface area (Å²) in [6, 6.07) is 7.20. The van der Waals surface area contributed by atoms with Gasteiger partial charge in [-0.3, -0.25) is 19.3 Å². The number of benzene rings is 1. The molecule has 2 unspecified atom stereocenters. The highest BCUT2D eigenvalue weighted by atomic mass is 16.3. The average molecular weight is 367 g/mol. The van der Waals surface area contributed by atoms with Gasteiger partial charge in [-0.25, -0.2) is 4.98 Å². The molecular formula is C20H21N3O4. The maximum atomic E-state index is 12.4. The number of hydrogen-bond donors (Lipinski definition) is 1. The van der Waals surface area contributed by atoms with Gasteiger partial charge < -0.3 is 9.73 Å². The van der Waals surface area contributed by atoms with Crippen LogP contribution in [0.5, 0.6) is 0 Å². The Morgan fingerprint density at radius 2 is 1.78 bits per heavy atom. The van der Waals surface area contributed by atoms with Gasteiger partial charge in [0.25, 0.3) is 0 Å². The van der Waals surface area contributed by atoms with Crippen molar-refractivity contribution in [1.29, 1.82) is 0 Å². The Bertz CT molecular complexity index is 821. The largest absolute Gasteiger partial charge is 0.444 e. The van der Waals surface area contributed by atoms with Crippen LogP contribution in [-0.4, -0.2) is 34.2 Å². The third-order valence-corrected chi connectivity index (χ3v) is 5.38. The second kappa shape index (κ2) is 7.34. The van der Waals surface area contributed by atoms with Crippen molar-refractivity contribution in [2.24, 2.45) is 11.8 Å². The van der Waals surface area contributed by atoms with Crippen LogP contribution in [0.25, 0.3) is 11.3 Å². The predicted molar refractivity (Wildman–Crippen MR) is 97.4 cm³/mol. The monoisotopic (exact) mass is 367 g/mol. The molecular weight excluding hydrogens is 346 g/mol. The highest BCUT2D eigenvalue weighted by molar-refractivity contribution is 6.05. The van der Waals surface area contributed by atoms with Gasteiger partial charge in [-0.15, -0.1) is 0 Å². The Hall–Kier alpha value is -2.96. The summed E-state index contributed by atoms with van der Waals surface area (Å²) in [5.41, 5.74) is 1.51. The molecule has 1 aliphatic carbocycles. The third kappa shape index (κ3) is 3.49. The molecule has 140 valence electrons. The van der Waals surface area contributed by atoms with Crippen LogP contribution in [0.1, 0.15) is 32.1 Å². The van der Waals surface area contributed by atoms with Gasteiger partial charge in [0.1, 0.15) is 0 Å². The zero-order valence-corrected chi connectivity index (χ0v) is 14.9. The van der Waals surface area contributed by atoms with E-state index in [4.69, 9.17) is 4.42 Å². The Kier molecular flexibility index (Phi) is 4.75. The van der Waals surface area contributed by atoms with Crippen molar-refractivity contribution in [3.8, 4) is 11.3 Å². The van der Waals surface area contributed by atoms with E-state index in [1.165, 1.54) is 11.3 Å². The molecule has 7 nitrogen and oxygen atoms in total. The van der Waals surface area contributed by atoms with Gasteiger partial charge in [-0.2, -0.15) is 0 Å². The highest BCUT2D eigenvalue weighted by Crippen LogP contribution is 2.38. The molecule has 2 fully saturated rings. The minimum atomic E-state index is -0.224. The van der Waals surface area contributed by atoms with Gasteiger partial charge in [-0.05, 0) is 37.1 Å². The molecule has 2 aliphatic rings. The summed E-state index contributed by atoms with van der Waals surface area (Å²) in [5.74, 6) is -0.114. The van der Waals surface area contributed by atoms with Crippen LogP contribution in [0, 0.1) is 11.8 Å². The third-order valence-electron chi connectivity index (χ3n) is 5.38. The van der Waals surface area contributed by atoms with E-state index in [1.807, 2.05) is 12.1 Å². The Balaban J connectivity index is 1.32. The van der Waals surface area contributed by atoms with Gasteiger partial charge in [0, 0.05) is 24.2 Å². The minimum Gasteiger partial charge on any atom is -0.444 e. The number of rotatable bonds is 5. The first kappa shape index (κ1) is 17.5. The number of oxazole rings is 1. The number of anilines is 1. The molecule has 1 saturated carbocycles. The Labute approximate surface area is 156 Å². The van der Waals surface area contributed by atoms with E-state index >= 15 is 0 Å². The predicted octanol–water partition coefficient (Wildman–Crippen LogP) is 2.85. The lowest BCUT2D eigenvalue weighted by Crippen LogP contribution is -2.34. The lowest BCUT2D eigenvalue weighted by Gasteiger charge is -2.19.